The predicted molar refractivity (Wildman–Crippen MR) is 89.6 cm³/mol. The van der Waals surface area contributed by atoms with E-state index in [-0.39, 0.29) is 0 Å². The molecule has 0 spiro atoms. The first-order chi connectivity index (χ1) is 10.6. The van der Waals surface area contributed by atoms with Crippen LogP contribution in [0.3, 0.4) is 0 Å². The number of ether oxygens (including phenoxy) is 1. The lowest BCUT2D eigenvalue weighted by atomic mass is 9.80. The van der Waals surface area contributed by atoms with Crippen LogP contribution in [0.5, 0.6) is 5.75 Å². The lowest BCUT2D eigenvalue weighted by molar-refractivity contribution is 0.310. The largest absolute Gasteiger partial charge is 0.488 e. The molecule has 0 saturated heterocycles. The first-order valence-corrected chi connectivity index (χ1v) is 7.28. The standard InChI is InChI=1S/C17H14BClO3/c19-16-9-10-17(15-4-2-1-3-14(15)16)22-11-12-5-7-13(8-6-12)18(20)21/h1-10,20-21H,11H2. The molecule has 2 N–H and O–H groups in total. The zero-order chi connectivity index (χ0) is 15.5. The summed E-state index contributed by atoms with van der Waals surface area (Å²) in [5.41, 5.74) is 1.41. The van der Waals surface area contributed by atoms with Gasteiger partial charge in [0.05, 0.1) is 0 Å². The summed E-state index contributed by atoms with van der Waals surface area (Å²) in [6.07, 6.45) is 0. The highest BCUT2D eigenvalue weighted by Gasteiger charge is 2.10. The van der Waals surface area contributed by atoms with Crippen LogP contribution < -0.4 is 10.2 Å². The van der Waals surface area contributed by atoms with Crippen LogP contribution in [-0.4, -0.2) is 17.2 Å². The highest BCUT2D eigenvalue weighted by Crippen LogP contribution is 2.31. The Morgan fingerprint density at radius 2 is 1.55 bits per heavy atom. The maximum absolute atomic E-state index is 9.08. The lowest BCUT2D eigenvalue weighted by Gasteiger charge is -2.11. The molecule has 0 saturated carbocycles. The van der Waals surface area contributed by atoms with Crippen molar-refractivity contribution < 1.29 is 14.8 Å². The molecule has 0 aliphatic heterocycles. The second-order valence-electron chi connectivity index (χ2n) is 5.00. The van der Waals surface area contributed by atoms with Gasteiger partial charge in [-0.25, -0.2) is 0 Å². The number of hydrogen-bond donors (Lipinski definition) is 2. The van der Waals surface area contributed by atoms with E-state index in [1.54, 1.807) is 12.1 Å². The normalized spacial score (nSPS) is 10.7. The average molecular weight is 313 g/mol. The number of fused-ring (bicyclic) bond motifs is 1. The van der Waals surface area contributed by atoms with E-state index in [2.05, 4.69) is 0 Å². The van der Waals surface area contributed by atoms with E-state index in [1.807, 2.05) is 48.5 Å². The van der Waals surface area contributed by atoms with Gasteiger partial charge in [-0.05, 0) is 23.2 Å². The van der Waals surface area contributed by atoms with Crippen LogP contribution in [0, 0.1) is 0 Å². The third-order valence-corrected chi connectivity index (χ3v) is 3.83. The highest BCUT2D eigenvalue weighted by molar-refractivity contribution is 6.58. The van der Waals surface area contributed by atoms with E-state index in [9.17, 15) is 0 Å². The fourth-order valence-electron chi connectivity index (χ4n) is 2.31. The molecule has 0 aromatic heterocycles. The van der Waals surface area contributed by atoms with Gasteiger partial charge in [-0.1, -0.05) is 60.1 Å². The summed E-state index contributed by atoms with van der Waals surface area (Å²) < 4.78 is 5.88. The van der Waals surface area contributed by atoms with Crippen molar-refractivity contribution in [2.75, 3.05) is 0 Å². The molecular weight excluding hydrogens is 298 g/mol. The molecule has 5 heteroatoms. The summed E-state index contributed by atoms with van der Waals surface area (Å²) in [5.74, 6) is 0.770. The molecule has 3 nitrogen and oxygen atoms in total. The van der Waals surface area contributed by atoms with Crippen LogP contribution in [0.2, 0.25) is 5.02 Å². The van der Waals surface area contributed by atoms with Crippen molar-refractivity contribution in [3.63, 3.8) is 0 Å². The second kappa shape index (κ2) is 6.40. The Bertz CT molecular complexity index is 788. The zero-order valence-corrected chi connectivity index (χ0v) is 12.5. The zero-order valence-electron chi connectivity index (χ0n) is 11.7. The molecular formula is C17H14BClO3. The van der Waals surface area contributed by atoms with E-state index < -0.39 is 7.12 Å². The molecule has 0 aliphatic rings. The molecule has 0 amide bonds. The Balaban J connectivity index is 1.81. The van der Waals surface area contributed by atoms with E-state index in [0.29, 0.717) is 17.1 Å². The Morgan fingerprint density at radius 3 is 2.23 bits per heavy atom. The summed E-state index contributed by atoms with van der Waals surface area (Å²) in [7, 11) is -1.45. The molecule has 0 aliphatic carbocycles. The van der Waals surface area contributed by atoms with Crippen LogP contribution >= 0.6 is 11.6 Å². The Kier molecular flexibility index (Phi) is 4.34. The highest BCUT2D eigenvalue weighted by atomic mass is 35.5. The molecule has 0 atom stereocenters. The monoisotopic (exact) mass is 312 g/mol. The van der Waals surface area contributed by atoms with E-state index in [0.717, 1.165) is 22.1 Å². The SMILES string of the molecule is OB(O)c1ccc(COc2ccc(Cl)c3ccccc23)cc1. The molecule has 22 heavy (non-hydrogen) atoms. The van der Waals surface area contributed by atoms with Gasteiger partial charge in [0, 0.05) is 15.8 Å². The van der Waals surface area contributed by atoms with Crippen molar-refractivity contribution in [2.24, 2.45) is 0 Å². The lowest BCUT2D eigenvalue weighted by Crippen LogP contribution is -2.29. The third-order valence-electron chi connectivity index (χ3n) is 3.50. The van der Waals surface area contributed by atoms with Crippen molar-refractivity contribution in [3.05, 3.63) is 71.2 Å². The number of hydrogen-bond acceptors (Lipinski definition) is 3. The van der Waals surface area contributed by atoms with Crippen molar-refractivity contribution in [3.8, 4) is 5.75 Å². The van der Waals surface area contributed by atoms with E-state index in [1.165, 1.54) is 0 Å². The van der Waals surface area contributed by atoms with Gasteiger partial charge in [0.2, 0.25) is 0 Å². The van der Waals surface area contributed by atoms with Crippen molar-refractivity contribution in [1.82, 2.24) is 0 Å². The fraction of sp³-hybridized carbons (Fsp3) is 0.0588. The summed E-state index contributed by atoms with van der Waals surface area (Å²) in [6, 6.07) is 18.5. The van der Waals surface area contributed by atoms with Gasteiger partial charge >= 0.3 is 7.12 Å². The molecule has 0 radical (unpaired) electrons. The number of rotatable bonds is 4. The van der Waals surface area contributed by atoms with Crippen LogP contribution in [0.1, 0.15) is 5.56 Å². The number of benzene rings is 3. The summed E-state index contributed by atoms with van der Waals surface area (Å²) in [6.45, 7) is 0.396. The first-order valence-electron chi connectivity index (χ1n) is 6.90. The van der Waals surface area contributed by atoms with Gasteiger partial charge in [-0.15, -0.1) is 0 Å². The average Bonchev–Trinajstić information content (AvgIpc) is 2.55. The molecule has 110 valence electrons. The van der Waals surface area contributed by atoms with Crippen LogP contribution in [0.15, 0.2) is 60.7 Å². The minimum Gasteiger partial charge on any atom is -0.488 e. The fourth-order valence-corrected chi connectivity index (χ4v) is 2.54. The van der Waals surface area contributed by atoms with E-state index >= 15 is 0 Å². The Labute approximate surface area is 133 Å². The van der Waals surface area contributed by atoms with Gasteiger partial charge < -0.3 is 14.8 Å². The molecule has 0 heterocycles. The maximum Gasteiger partial charge on any atom is 0.488 e. The van der Waals surface area contributed by atoms with Crippen LogP contribution in [0.25, 0.3) is 10.8 Å². The molecule has 3 aromatic carbocycles. The molecule has 0 fully saturated rings. The Morgan fingerprint density at radius 1 is 0.864 bits per heavy atom. The topological polar surface area (TPSA) is 49.7 Å². The Hall–Kier alpha value is -2.01. The van der Waals surface area contributed by atoms with Crippen LogP contribution in [0.4, 0.5) is 0 Å². The minimum atomic E-state index is -1.45. The maximum atomic E-state index is 9.08. The smallest absolute Gasteiger partial charge is 0.488 e. The second-order valence-corrected chi connectivity index (χ2v) is 5.40. The quantitative estimate of drug-likeness (QED) is 0.728. The van der Waals surface area contributed by atoms with Crippen molar-refractivity contribution >= 4 is 35.0 Å². The first kappa shape index (κ1) is 14.9. The third kappa shape index (κ3) is 3.09. The minimum absolute atomic E-state index is 0.396. The van der Waals surface area contributed by atoms with Gasteiger partial charge in [0.1, 0.15) is 12.4 Å². The molecule has 3 aromatic rings. The summed E-state index contributed by atoms with van der Waals surface area (Å²) in [5, 5.41) is 20.8. The number of halogens is 1. The van der Waals surface area contributed by atoms with Gasteiger partial charge in [0.15, 0.2) is 0 Å². The summed E-state index contributed by atoms with van der Waals surface area (Å²) in [4.78, 5) is 0. The molecule has 0 bridgehead atoms. The van der Waals surface area contributed by atoms with Crippen molar-refractivity contribution in [1.29, 1.82) is 0 Å². The van der Waals surface area contributed by atoms with Crippen molar-refractivity contribution in [2.45, 2.75) is 6.61 Å². The van der Waals surface area contributed by atoms with Gasteiger partial charge in [0.25, 0.3) is 0 Å². The van der Waals surface area contributed by atoms with Crippen LogP contribution in [-0.2, 0) is 6.61 Å². The van der Waals surface area contributed by atoms with E-state index in [4.69, 9.17) is 26.4 Å². The van der Waals surface area contributed by atoms with Gasteiger partial charge in [-0.3, -0.25) is 0 Å². The molecule has 3 rings (SSSR count). The molecule has 0 unspecified atom stereocenters. The predicted octanol–water partition coefficient (Wildman–Crippen LogP) is 2.75. The summed E-state index contributed by atoms with van der Waals surface area (Å²) >= 11 is 6.19. The van der Waals surface area contributed by atoms with Gasteiger partial charge in [-0.2, -0.15) is 0 Å².